The van der Waals surface area contributed by atoms with Crippen molar-refractivity contribution >= 4 is 18.9 Å². The summed E-state index contributed by atoms with van der Waals surface area (Å²) in [6.07, 6.45) is -1.15. The summed E-state index contributed by atoms with van der Waals surface area (Å²) in [5.74, 6) is -1.68. The van der Waals surface area contributed by atoms with Gasteiger partial charge in [0.25, 0.3) is 0 Å². The Morgan fingerprint density at radius 3 is 2.57 bits per heavy atom. The molecule has 1 atom stereocenters. The fraction of sp³-hybridized carbons (Fsp3) is 0.188. The van der Waals surface area contributed by atoms with Crippen molar-refractivity contribution in [1.82, 2.24) is 0 Å². The molecule has 2 aromatic rings. The van der Waals surface area contributed by atoms with Crippen LogP contribution in [-0.2, 0) is 16.1 Å². The number of hydrogen-bond donors (Lipinski definition) is 2. The lowest BCUT2D eigenvalue weighted by atomic mass is 9.84. The molecule has 0 aliphatic carbocycles. The van der Waals surface area contributed by atoms with E-state index in [0.29, 0.717) is 5.56 Å². The second-order valence-corrected chi connectivity index (χ2v) is 4.70. The van der Waals surface area contributed by atoms with E-state index >= 15 is 0 Å². The third-order valence-electron chi connectivity index (χ3n) is 3.27. The van der Waals surface area contributed by atoms with Crippen molar-refractivity contribution in [3.8, 4) is 5.75 Å². The number of esters is 1. The smallest absolute Gasteiger partial charge is 0.351 e. The van der Waals surface area contributed by atoms with Gasteiger partial charge in [-0.1, -0.05) is 30.3 Å². The van der Waals surface area contributed by atoms with Crippen LogP contribution < -0.4 is 10.2 Å². The van der Waals surface area contributed by atoms with E-state index in [2.05, 4.69) is 0 Å². The second kappa shape index (κ2) is 7.76. The molecule has 2 rings (SSSR count). The molecular weight excluding hydrogens is 302 g/mol. The van der Waals surface area contributed by atoms with Crippen LogP contribution in [0.25, 0.3) is 0 Å². The Bertz CT molecular complexity index is 678. The summed E-state index contributed by atoms with van der Waals surface area (Å²) in [4.78, 5) is 11.9. The molecular formula is C16H15BFO5. The summed E-state index contributed by atoms with van der Waals surface area (Å²) in [6, 6.07) is 10.8. The quantitative estimate of drug-likeness (QED) is 0.610. The summed E-state index contributed by atoms with van der Waals surface area (Å²) in [6.45, 7) is -0.442. The predicted octanol–water partition coefficient (Wildman–Crippen LogP) is 0.848. The largest absolute Gasteiger partial charge is 0.471 e. The first-order valence-corrected chi connectivity index (χ1v) is 6.80. The maximum absolute atomic E-state index is 14.1. The van der Waals surface area contributed by atoms with Crippen LogP contribution in [0.1, 0.15) is 17.2 Å². The molecule has 2 N–H and O–H groups in total. The minimum Gasteiger partial charge on any atom is -0.471 e. The van der Waals surface area contributed by atoms with Crippen LogP contribution in [0, 0.1) is 5.82 Å². The fourth-order valence-electron chi connectivity index (χ4n) is 2.07. The summed E-state index contributed by atoms with van der Waals surface area (Å²) in [7, 11) is 1.94. The van der Waals surface area contributed by atoms with E-state index in [1.54, 1.807) is 30.3 Å². The molecule has 5 nitrogen and oxygen atoms in total. The van der Waals surface area contributed by atoms with Gasteiger partial charge >= 0.3 is 13.5 Å². The maximum atomic E-state index is 14.1. The molecule has 1 radical (unpaired) electrons. The van der Waals surface area contributed by atoms with Crippen LogP contribution in [-0.4, -0.2) is 30.7 Å². The summed E-state index contributed by atoms with van der Waals surface area (Å²) in [5.41, 5.74) is 0.895. The highest BCUT2D eigenvalue weighted by atomic mass is 19.1. The van der Waals surface area contributed by atoms with Gasteiger partial charge in [0.05, 0.1) is 13.7 Å². The zero-order valence-electron chi connectivity index (χ0n) is 12.4. The van der Waals surface area contributed by atoms with Gasteiger partial charge in [0, 0.05) is 5.56 Å². The molecule has 0 saturated heterocycles. The number of hydrogen-bond acceptors (Lipinski definition) is 5. The van der Waals surface area contributed by atoms with Gasteiger partial charge in [-0.3, -0.25) is 0 Å². The van der Waals surface area contributed by atoms with Crippen LogP contribution in [0.3, 0.4) is 0 Å². The van der Waals surface area contributed by atoms with E-state index in [-0.39, 0.29) is 16.8 Å². The molecule has 23 heavy (non-hydrogen) atoms. The van der Waals surface area contributed by atoms with Crippen LogP contribution in [0.4, 0.5) is 4.39 Å². The van der Waals surface area contributed by atoms with E-state index in [1.807, 2.05) is 0 Å². The predicted molar refractivity (Wildman–Crippen MR) is 81.8 cm³/mol. The van der Waals surface area contributed by atoms with Crippen LogP contribution in [0.15, 0.2) is 42.5 Å². The molecule has 1 unspecified atom stereocenters. The average molecular weight is 317 g/mol. The zero-order valence-corrected chi connectivity index (χ0v) is 12.4. The highest BCUT2D eigenvalue weighted by Crippen LogP contribution is 2.25. The number of aliphatic hydroxyl groups excluding tert-OH is 1. The van der Waals surface area contributed by atoms with E-state index < -0.39 is 24.5 Å². The van der Waals surface area contributed by atoms with Gasteiger partial charge in [-0.25, -0.2) is 9.18 Å². The van der Waals surface area contributed by atoms with Crippen LogP contribution in [0.5, 0.6) is 5.75 Å². The number of halogens is 1. The molecule has 0 bridgehead atoms. The summed E-state index contributed by atoms with van der Waals surface area (Å²) < 4.78 is 24.3. The van der Waals surface area contributed by atoms with Crippen molar-refractivity contribution in [2.45, 2.75) is 12.7 Å². The average Bonchev–Trinajstić information content (AvgIpc) is 2.60. The lowest BCUT2D eigenvalue weighted by Gasteiger charge is -2.19. The number of rotatable bonds is 6. The van der Waals surface area contributed by atoms with Gasteiger partial charge in [0.1, 0.15) is 0 Å². The zero-order chi connectivity index (χ0) is 16.8. The standard InChI is InChI=1S/C16H15BFO5/c1-22-16(20)15(10-5-3-2-4-6-10)23-14-8-12(17-21)11(9-19)7-13(14)18/h2-8,15,19,21H,9H2,1H3. The van der Waals surface area contributed by atoms with Crippen LogP contribution >= 0.6 is 0 Å². The normalized spacial score (nSPS) is 11.7. The highest BCUT2D eigenvalue weighted by Gasteiger charge is 2.25. The van der Waals surface area contributed by atoms with E-state index in [0.717, 1.165) is 13.5 Å². The Morgan fingerprint density at radius 2 is 2.00 bits per heavy atom. The Balaban J connectivity index is 2.39. The van der Waals surface area contributed by atoms with Gasteiger partial charge in [-0.2, -0.15) is 0 Å². The molecule has 119 valence electrons. The number of benzene rings is 2. The van der Waals surface area contributed by atoms with Crippen LogP contribution in [0.2, 0.25) is 0 Å². The number of aliphatic hydroxyl groups is 1. The first kappa shape index (κ1) is 17.0. The number of methoxy groups -OCH3 is 1. The number of ether oxygens (including phenoxy) is 2. The topological polar surface area (TPSA) is 76.0 Å². The first-order valence-electron chi connectivity index (χ1n) is 6.80. The van der Waals surface area contributed by atoms with Gasteiger partial charge in [-0.15, -0.1) is 0 Å². The Morgan fingerprint density at radius 1 is 1.30 bits per heavy atom. The summed E-state index contributed by atoms with van der Waals surface area (Å²) >= 11 is 0. The van der Waals surface area contributed by atoms with Crippen molar-refractivity contribution in [3.05, 3.63) is 59.4 Å². The SMILES string of the molecule is COC(=O)C(Oc1cc([B]O)c(CO)cc1F)c1ccccc1. The number of carbonyl (C=O) groups is 1. The minimum absolute atomic E-state index is 0.195. The molecule has 7 heteroatoms. The molecule has 0 amide bonds. The first-order chi connectivity index (χ1) is 11.1. The third kappa shape index (κ3) is 3.88. The van der Waals surface area contributed by atoms with Crippen molar-refractivity contribution < 1.29 is 28.8 Å². The van der Waals surface area contributed by atoms with E-state index in [1.165, 1.54) is 13.2 Å². The molecule has 0 spiro atoms. The van der Waals surface area contributed by atoms with Crippen molar-refractivity contribution in [2.24, 2.45) is 0 Å². The van der Waals surface area contributed by atoms with Gasteiger partial charge < -0.3 is 19.6 Å². The third-order valence-corrected chi connectivity index (χ3v) is 3.27. The molecule has 0 heterocycles. The van der Waals surface area contributed by atoms with Gasteiger partial charge in [0.15, 0.2) is 11.6 Å². The molecule has 0 aliphatic heterocycles. The Kier molecular flexibility index (Phi) is 5.73. The summed E-state index contributed by atoms with van der Waals surface area (Å²) in [5, 5.41) is 18.3. The van der Waals surface area contributed by atoms with Crippen molar-refractivity contribution in [3.63, 3.8) is 0 Å². The Labute approximate surface area is 133 Å². The molecule has 0 aromatic heterocycles. The van der Waals surface area contributed by atoms with E-state index in [9.17, 15) is 9.18 Å². The Hall–Kier alpha value is -2.38. The fourth-order valence-corrected chi connectivity index (χ4v) is 2.07. The second-order valence-electron chi connectivity index (χ2n) is 4.70. The molecule has 2 aromatic carbocycles. The van der Waals surface area contributed by atoms with Crippen molar-refractivity contribution in [2.75, 3.05) is 7.11 Å². The minimum atomic E-state index is -1.15. The highest BCUT2D eigenvalue weighted by molar-refractivity contribution is 6.46. The monoisotopic (exact) mass is 317 g/mol. The lowest BCUT2D eigenvalue weighted by molar-refractivity contribution is -0.149. The van der Waals surface area contributed by atoms with Gasteiger partial charge in [0.2, 0.25) is 6.10 Å². The molecule has 0 saturated carbocycles. The lowest BCUT2D eigenvalue weighted by Crippen LogP contribution is -2.24. The van der Waals surface area contributed by atoms with Gasteiger partial charge in [-0.05, 0) is 23.2 Å². The van der Waals surface area contributed by atoms with Crippen molar-refractivity contribution in [1.29, 1.82) is 0 Å². The van der Waals surface area contributed by atoms with E-state index in [4.69, 9.17) is 19.6 Å². The number of carbonyl (C=O) groups excluding carboxylic acids is 1. The molecule has 0 aliphatic rings. The maximum Gasteiger partial charge on any atom is 0.351 e. The molecule has 0 fully saturated rings.